The summed E-state index contributed by atoms with van der Waals surface area (Å²) in [6.07, 6.45) is 4.07. The molecule has 2 aromatic rings. The topological polar surface area (TPSA) is 76.2 Å². The summed E-state index contributed by atoms with van der Waals surface area (Å²) in [7, 11) is 0. The van der Waals surface area contributed by atoms with Gasteiger partial charge in [-0.05, 0) is 64.5 Å². The van der Waals surface area contributed by atoms with Gasteiger partial charge in [0.1, 0.15) is 6.79 Å². The quantitative estimate of drug-likeness (QED) is 0.305. The van der Waals surface area contributed by atoms with Crippen LogP contribution in [0.15, 0.2) is 58.3 Å². The zero-order valence-electron chi connectivity index (χ0n) is 24.7. The van der Waals surface area contributed by atoms with Gasteiger partial charge >= 0.3 is 0 Å². The lowest BCUT2D eigenvalue weighted by molar-refractivity contribution is -0.0980. The van der Waals surface area contributed by atoms with Crippen LogP contribution in [0.5, 0.6) is 0 Å². The minimum atomic E-state index is -0.468. The van der Waals surface area contributed by atoms with Gasteiger partial charge in [0, 0.05) is 47.1 Å². The first-order valence-electron chi connectivity index (χ1n) is 13.4. The third kappa shape index (κ3) is 8.99. The van der Waals surface area contributed by atoms with E-state index >= 15 is 0 Å². The summed E-state index contributed by atoms with van der Waals surface area (Å²) in [5.41, 5.74) is 0.638. The molecule has 0 radical (unpaired) electrons. The smallest absolute Gasteiger partial charge is 0.182 e. The van der Waals surface area contributed by atoms with E-state index in [0.717, 1.165) is 37.3 Å². The number of rotatable bonds is 8. The number of Topliss-reactive ketones (excluding diaryl/α,β-unsaturated/α-hetero) is 2. The van der Waals surface area contributed by atoms with Gasteiger partial charge < -0.3 is 14.3 Å². The maximum atomic E-state index is 12.7. The van der Waals surface area contributed by atoms with Gasteiger partial charge in [-0.3, -0.25) is 19.4 Å². The lowest BCUT2D eigenvalue weighted by Crippen LogP contribution is -2.54. The van der Waals surface area contributed by atoms with Gasteiger partial charge in [-0.2, -0.15) is 0 Å². The van der Waals surface area contributed by atoms with Crippen molar-refractivity contribution in [3.63, 3.8) is 0 Å². The SMILES string of the molecule is C=O.CSc1ccc(C(=O)C(C)(C)N2CCOCC2)cc1.CSc1ccc(C(=O)C(C)(C)N2CCOCC2)cc1. The Morgan fingerprint density at radius 3 is 1.15 bits per heavy atom. The minimum absolute atomic E-state index is 0.182. The van der Waals surface area contributed by atoms with Gasteiger partial charge in [-0.1, -0.05) is 24.3 Å². The number of nitrogens with zero attached hydrogens (tertiary/aromatic N) is 2. The summed E-state index contributed by atoms with van der Waals surface area (Å²) in [6, 6.07) is 15.7. The molecule has 2 saturated heterocycles. The van der Waals surface area contributed by atoms with Gasteiger partial charge in [0.25, 0.3) is 0 Å². The van der Waals surface area contributed by atoms with E-state index in [9.17, 15) is 9.59 Å². The van der Waals surface area contributed by atoms with Crippen LogP contribution in [-0.2, 0) is 14.3 Å². The highest BCUT2D eigenvalue weighted by atomic mass is 32.2. The minimum Gasteiger partial charge on any atom is -0.379 e. The largest absolute Gasteiger partial charge is 0.379 e. The summed E-state index contributed by atoms with van der Waals surface area (Å²) in [6.45, 7) is 16.1. The van der Waals surface area contributed by atoms with Crippen LogP contribution < -0.4 is 0 Å². The number of carbonyl (C=O) groups is 3. The van der Waals surface area contributed by atoms with Crippen LogP contribution in [0.3, 0.4) is 0 Å². The first-order valence-corrected chi connectivity index (χ1v) is 15.9. The summed E-state index contributed by atoms with van der Waals surface area (Å²) in [4.78, 5) is 40.1. The highest BCUT2D eigenvalue weighted by Gasteiger charge is 2.36. The van der Waals surface area contributed by atoms with Gasteiger partial charge in [0.05, 0.1) is 37.5 Å². The van der Waals surface area contributed by atoms with Gasteiger partial charge in [0.15, 0.2) is 11.6 Å². The molecule has 0 bridgehead atoms. The molecule has 2 aliphatic heterocycles. The number of benzene rings is 2. The number of carbonyl (C=O) groups excluding carboxylic acids is 3. The van der Waals surface area contributed by atoms with E-state index in [-0.39, 0.29) is 11.6 Å². The van der Waals surface area contributed by atoms with Crippen LogP contribution in [-0.4, -0.2) is 104 Å². The molecule has 0 atom stereocenters. The Labute approximate surface area is 248 Å². The molecular weight excluding hydrogens is 544 g/mol. The number of hydrogen-bond acceptors (Lipinski definition) is 9. The Morgan fingerprint density at radius 1 is 0.625 bits per heavy atom. The van der Waals surface area contributed by atoms with Gasteiger partial charge in [0.2, 0.25) is 0 Å². The summed E-state index contributed by atoms with van der Waals surface area (Å²) in [5, 5.41) is 0. The van der Waals surface area contributed by atoms with Crippen molar-refractivity contribution in [1.29, 1.82) is 0 Å². The zero-order valence-corrected chi connectivity index (χ0v) is 26.4. The second-order valence-corrected chi connectivity index (χ2v) is 12.2. The van der Waals surface area contributed by atoms with Crippen molar-refractivity contribution in [2.75, 3.05) is 65.1 Å². The fraction of sp³-hybridized carbons (Fsp3) is 0.516. The average Bonchev–Trinajstić information content (AvgIpc) is 3.02. The van der Waals surface area contributed by atoms with E-state index in [1.807, 2.05) is 95.5 Å². The number of hydrogen-bond donors (Lipinski definition) is 0. The normalized spacial score (nSPS) is 16.6. The molecule has 9 heteroatoms. The molecular formula is C31H44N2O5S2. The van der Waals surface area contributed by atoms with E-state index in [2.05, 4.69) is 9.80 Å². The van der Waals surface area contributed by atoms with Crippen molar-refractivity contribution in [2.24, 2.45) is 0 Å². The van der Waals surface area contributed by atoms with Crippen LogP contribution in [0.1, 0.15) is 48.4 Å². The maximum Gasteiger partial charge on any atom is 0.182 e. The van der Waals surface area contributed by atoms with Gasteiger partial charge in [-0.15, -0.1) is 23.5 Å². The summed E-state index contributed by atoms with van der Waals surface area (Å²) in [5.74, 6) is 0.365. The Kier molecular flexibility index (Phi) is 14.1. The molecule has 0 aliphatic carbocycles. The average molecular weight is 589 g/mol. The van der Waals surface area contributed by atoms with Crippen LogP contribution in [0.4, 0.5) is 0 Å². The van der Waals surface area contributed by atoms with Crippen molar-refractivity contribution in [2.45, 2.75) is 48.6 Å². The lowest BCUT2D eigenvalue weighted by Gasteiger charge is -2.39. The van der Waals surface area contributed by atoms with Crippen LogP contribution in [0, 0.1) is 0 Å². The number of thioether (sulfide) groups is 2. The molecule has 40 heavy (non-hydrogen) atoms. The second-order valence-electron chi connectivity index (χ2n) is 10.4. The standard InChI is InChI=1S/2C15H21NO2S.CH2O/c2*1-15(2,16-8-10-18-11-9-16)14(17)12-4-6-13(19-3)7-5-12;1-2/h2*4-7H,8-11H2,1-3H3;1H2. The van der Waals surface area contributed by atoms with Crippen molar-refractivity contribution < 1.29 is 23.9 Å². The molecule has 4 rings (SSSR count). The fourth-order valence-corrected chi connectivity index (χ4v) is 5.54. The van der Waals surface area contributed by atoms with Crippen LogP contribution >= 0.6 is 23.5 Å². The molecule has 0 unspecified atom stereocenters. The van der Waals surface area contributed by atoms with E-state index in [4.69, 9.17) is 14.3 Å². The number of ether oxygens (including phenoxy) is 2. The molecule has 2 aromatic carbocycles. The molecule has 7 nitrogen and oxygen atoms in total. The Morgan fingerprint density at radius 2 is 0.900 bits per heavy atom. The molecule has 2 heterocycles. The zero-order chi connectivity index (χ0) is 29.8. The Hall–Kier alpha value is -2.01. The summed E-state index contributed by atoms with van der Waals surface area (Å²) < 4.78 is 10.7. The lowest BCUT2D eigenvalue weighted by atomic mass is 9.91. The van der Waals surface area contributed by atoms with E-state index < -0.39 is 11.1 Å². The predicted molar refractivity (Wildman–Crippen MR) is 165 cm³/mol. The van der Waals surface area contributed by atoms with Gasteiger partial charge in [-0.25, -0.2) is 0 Å². The Balaban J connectivity index is 0.000000264. The highest BCUT2D eigenvalue weighted by molar-refractivity contribution is 7.98. The third-order valence-corrected chi connectivity index (χ3v) is 8.91. The molecule has 0 saturated carbocycles. The van der Waals surface area contributed by atoms with E-state index in [0.29, 0.717) is 26.4 Å². The maximum absolute atomic E-state index is 12.7. The van der Waals surface area contributed by atoms with Crippen molar-refractivity contribution in [3.8, 4) is 0 Å². The highest BCUT2D eigenvalue weighted by Crippen LogP contribution is 2.25. The van der Waals surface area contributed by atoms with E-state index in [1.54, 1.807) is 23.5 Å². The monoisotopic (exact) mass is 588 g/mol. The fourth-order valence-electron chi connectivity index (χ4n) is 4.72. The molecule has 0 amide bonds. The summed E-state index contributed by atoms with van der Waals surface area (Å²) >= 11 is 3.37. The molecule has 0 aromatic heterocycles. The third-order valence-electron chi connectivity index (χ3n) is 7.42. The first-order chi connectivity index (χ1) is 19.1. The molecule has 220 valence electrons. The number of ketones is 2. The molecule has 0 spiro atoms. The van der Waals surface area contributed by atoms with Crippen LogP contribution in [0.25, 0.3) is 0 Å². The Bertz CT molecular complexity index is 977. The molecule has 2 fully saturated rings. The second kappa shape index (κ2) is 16.4. The van der Waals surface area contributed by atoms with Crippen molar-refractivity contribution in [1.82, 2.24) is 9.80 Å². The number of morpholine rings is 2. The molecule has 2 aliphatic rings. The van der Waals surface area contributed by atoms with E-state index in [1.165, 1.54) is 9.79 Å². The van der Waals surface area contributed by atoms with Crippen molar-refractivity contribution >= 4 is 41.9 Å². The van der Waals surface area contributed by atoms with Crippen LogP contribution in [0.2, 0.25) is 0 Å². The predicted octanol–water partition coefficient (Wildman–Crippen LogP) is 5.22. The van der Waals surface area contributed by atoms with Crippen molar-refractivity contribution in [3.05, 3.63) is 59.7 Å². The molecule has 0 N–H and O–H groups in total. The first kappa shape index (κ1) is 34.2.